The van der Waals surface area contributed by atoms with Gasteiger partial charge >= 0.3 is 0 Å². The highest BCUT2D eigenvalue weighted by molar-refractivity contribution is 7.10. The lowest BCUT2D eigenvalue weighted by Crippen LogP contribution is -2.73. The summed E-state index contributed by atoms with van der Waals surface area (Å²) in [5.74, 6) is 1.45. The normalized spacial score (nSPS) is 19.4. The number of piperazine rings is 1. The van der Waals surface area contributed by atoms with Crippen LogP contribution in [0.1, 0.15) is 31.5 Å². The molecule has 8 nitrogen and oxygen atoms in total. The van der Waals surface area contributed by atoms with Gasteiger partial charge in [-0.3, -0.25) is 9.80 Å². The fourth-order valence-corrected chi connectivity index (χ4v) is 5.30. The summed E-state index contributed by atoms with van der Waals surface area (Å²) in [6.07, 6.45) is 2.31. The smallest absolute Gasteiger partial charge is 0.229 e. The Hall–Kier alpha value is -2.35. The zero-order valence-corrected chi connectivity index (χ0v) is 20.0. The Kier molecular flexibility index (Phi) is 6.34. The molecule has 0 radical (unpaired) electrons. The van der Waals surface area contributed by atoms with E-state index in [1.807, 2.05) is 26.1 Å². The minimum atomic E-state index is -1.19. The predicted molar refractivity (Wildman–Crippen MR) is 125 cm³/mol. The minimum absolute atomic E-state index is 0.175. The number of halogens is 1. The van der Waals surface area contributed by atoms with E-state index in [-0.39, 0.29) is 5.54 Å². The molecule has 32 heavy (non-hydrogen) atoms. The van der Waals surface area contributed by atoms with Gasteiger partial charge in [-0.1, -0.05) is 0 Å². The minimum Gasteiger partial charge on any atom is -0.352 e. The maximum atomic E-state index is 14.0. The average molecular weight is 459 g/mol. The fourth-order valence-electron chi connectivity index (χ4n) is 4.64. The maximum absolute atomic E-state index is 14.0. The van der Waals surface area contributed by atoms with Crippen molar-refractivity contribution in [3.05, 3.63) is 23.5 Å². The van der Waals surface area contributed by atoms with E-state index in [9.17, 15) is 9.65 Å². The van der Waals surface area contributed by atoms with E-state index >= 15 is 0 Å². The van der Waals surface area contributed by atoms with E-state index < -0.39 is 5.67 Å². The summed E-state index contributed by atoms with van der Waals surface area (Å²) < 4.78 is 18.3. The van der Waals surface area contributed by atoms with Gasteiger partial charge < -0.3 is 10.2 Å². The van der Waals surface area contributed by atoms with E-state index in [0.29, 0.717) is 18.9 Å². The van der Waals surface area contributed by atoms with Gasteiger partial charge in [0.15, 0.2) is 0 Å². The Labute approximate surface area is 193 Å². The first kappa shape index (κ1) is 22.8. The van der Waals surface area contributed by atoms with E-state index in [1.54, 1.807) is 13.8 Å². The first-order valence-corrected chi connectivity index (χ1v) is 11.8. The van der Waals surface area contributed by atoms with Gasteiger partial charge in [-0.25, -0.2) is 9.37 Å². The third-order valence-electron chi connectivity index (χ3n) is 6.13. The first-order chi connectivity index (χ1) is 15.2. The zero-order chi connectivity index (χ0) is 22.9. The van der Waals surface area contributed by atoms with Crippen molar-refractivity contribution in [1.29, 1.82) is 5.26 Å². The van der Waals surface area contributed by atoms with Crippen LogP contribution in [0.4, 0.5) is 21.2 Å². The van der Waals surface area contributed by atoms with Crippen molar-refractivity contribution in [3.8, 4) is 6.07 Å². The summed E-state index contributed by atoms with van der Waals surface area (Å²) in [7, 11) is 0. The van der Waals surface area contributed by atoms with Crippen molar-refractivity contribution in [3.63, 3.8) is 0 Å². The summed E-state index contributed by atoms with van der Waals surface area (Å²) in [6.45, 7) is 12.6. The van der Waals surface area contributed by atoms with Gasteiger partial charge in [-0.2, -0.15) is 14.6 Å². The molecule has 0 unspecified atom stereocenters. The number of alkyl halides is 1. The molecule has 2 aromatic heterocycles. The van der Waals surface area contributed by atoms with Gasteiger partial charge in [0.2, 0.25) is 5.95 Å². The highest BCUT2D eigenvalue weighted by Crippen LogP contribution is 2.36. The summed E-state index contributed by atoms with van der Waals surface area (Å²) in [6, 6.07) is 4.37. The van der Waals surface area contributed by atoms with E-state index in [1.165, 1.54) is 11.5 Å². The summed E-state index contributed by atoms with van der Waals surface area (Å²) >= 11 is 1.39. The third-order valence-corrected chi connectivity index (χ3v) is 6.92. The molecule has 4 rings (SSSR count). The molecule has 2 saturated heterocycles. The molecule has 0 amide bonds. The Bertz CT molecular complexity index is 981. The molecule has 0 saturated carbocycles. The highest BCUT2D eigenvalue weighted by Gasteiger charge is 2.49. The molecule has 0 aromatic carbocycles. The average Bonchev–Trinajstić information content (AvgIpc) is 3.10. The van der Waals surface area contributed by atoms with Crippen molar-refractivity contribution < 1.29 is 4.39 Å². The second-order valence-corrected chi connectivity index (χ2v) is 10.4. The summed E-state index contributed by atoms with van der Waals surface area (Å²) in [4.78, 5) is 16.0. The molecule has 0 atom stereocenters. The van der Waals surface area contributed by atoms with Gasteiger partial charge in [0.1, 0.15) is 16.5 Å². The number of nitriles is 1. The lowest BCUT2D eigenvalue weighted by Gasteiger charge is -2.57. The van der Waals surface area contributed by atoms with Crippen LogP contribution in [-0.4, -0.2) is 81.2 Å². The summed E-state index contributed by atoms with van der Waals surface area (Å²) in [5.41, 5.74) is 0.611. The largest absolute Gasteiger partial charge is 0.352 e. The standard InChI is InChI=1S/C22H31FN8S/c1-16-12-25-20(26-18-11-17(2)28-32-18)27-19(16)30-14-22(15-30,5-6-24)31-9-7-29(8-10-31)13-21(3,4)23/h11-12H,5,7-10,13-15H2,1-4H3,(H,25,26,27). The van der Waals surface area contributed by atoms with E-state index in [2.05, 4.69) is 35.4 Å². The number of nitrogens with one attached hydrogen (secondary N) is 1. The van der Waals surface area contributed by atoms with Crippen LogP contribution < -0.4 is 10.2 Å². The molecule has 0 spiro atoms. The number of aryl methyl sites for hydroxylation is 2. The van der Waals surface area contributed by atoms with Gasteiger partial charge in [0.25, 0.3) is 0 Å². The number of aromatic nitrogens is 3. The second-order valence-electron chi connectivity index (χ2n) is 9.55. The number of rotatable bonds is 7. The van der Waals surface area contributed by atoms with Crippen molar-refractivity contribution in [1.82, 2.24) is 24.1 Å². The van der Waals surface area contributed by atoms with Crippen LogP contribution in [-0.2, 0) is 0 Å². The fraction of sp³-hybridized carbons (Fsp3) is 0.636. The van der Waals surface area contributed by atoms with Crippen LogP contribution in [0.5, 0.6) is 0 Å². The molecule has 1 N–H and O–H groups in total. The lowest BCUT2D eigenvalue weighted by atomic mass is 9.83. The molecule has 4 heterocycles. The van der Waals surface area contributed by atoms with Crippen molar-refractivity contribution in [2.45, 2.75) is 45.3 Å². The Morgan fingerprint density at radius 1 is 1.25 bits per heavy atom. The van der Waals surface area contributed by atoms with Crippen molar-refractivity contribution in [2.24, 2.45) is 0 Å². The first-order valence-electron chi connectivity index (χ1n) is 11.0. The Morgan fingerprint density at radius 2 is 1.97 bits per heavy atom. The van der Waals surface area contributed by atoms with Crippen LogP contribution in [0.2, 0.25) is 0 Å². The van der Waals surface area contributed by atoms with E-state index in [4.69, 9.17) is 4.98 Å². The number of hydrogen-bond donors (Lipinski definition) is 1. The second kappa shape index (κ2) is 8.89. The molecule has 2 aliphatic heterocycles. The zero-order valence-electron chi connectivity index (χ0n) is 19.2. The predicted octanol–water partition coefficient (Wildman–Crippen LogP) is 3.13. The summed E-state index contributed by atoms with van der Waals surface area (Å²) in [5, 5.41) is 13.7. The van der Waals surface area contributed by atoms with Crippen LogP contribution in [0.15, 0.2) is 12.3 Å². The van der Waals surface area contributed by atoms with Crippen LogP contribution >= 0.6 is 11.5 Å². The number of hydrogen-bond acceptors (Lipinski definition) is 9. The molecule has 10 heteroatoms. The SMILES string of the molecule is Cc1cc(Nc2ncc(C)c(N3CC(CC#N)(N4CCN(CC(C)(C)F)CC4)C3)n2)sn1. The lowest BCUT2D eigenvalue weighted by molar-refractivity contribution is 0.00192. The molecule has 172 valence electrons. The molecule has 2 aliphatic rings. The number of nitrogens with zero attached hydrogens (tertiary/aromatic N) is 7. The third kappa shape index (κ3) is 5.00. The van der Waals surface area contributed by atoms with Crippen molar-refractivity contribution >= 4 is 28.3 Å². The maximum Gasteiger partial charge on any atom is 0.229 e. The van der Waals surface area contributed by atoms with Gasteiger partial charge in [-0.05, 0) is 45.3 Å². The number of anilines is 3. The van der Waals surface area contributed by atoms with Crippen LogP contribution in [0.3, 0.4) is 0 Å². The van der Waals surface area contributed by atoms with Crippen LogP contribution in [0, 0.1) is 25.2 Å². The van der Waals surface area contributed by atoms with Crippen LogP contribution in [0.25, 0.3) is 0 Å². The topological polar surface area (TPSA) is 84.2 Å². The van der Waals surface area contributed by atoms with Crippen molar-refractivity contribution in [2.75, 3.05) is 56.0 Å². The van der Waals surface area contributed by atoms with Gasteiger partial charge in [0.05, 0.1) is 23.7 Å². The van der Waals surface area contributed by atoms with Gasteiger partial charge in [0, 0.05) is 57.6 Å². The molecule has 0 aliphatic carbocycles. The monoisotopic (exact) mass is 458 g/mol. The van der Waals surface area contributed by atoms with E-state index in [0.717, 1.165) is 61.3 Å². The Balaban J connectivity index is 1.42. The van der Waals surface area contributed by atoms with Gasteiger partial charge in [-0.15, -0.1) is 0 Å². The molecule has 2 aromatic rings. The highest BCUT2D eigenvalue weighted by atomic mass is 32.1. The molecular weight excluding hydrogens is 427 g/mol. The Morgan fingerprint density at radius 3 is 2.56 bits per heavy atom. The quantitative estimate of drug-likeness (QED) is 0.678. The molecule has 0 bridgehead atoms. The molecule has 2 fully saturated rings. The molecular formula is C22H31FN8S.